The molecule has 0 bridgehead atoms. The second-order valence-corrected chi connectivity index (χ2v) is 9.43. The fraction of sp³-hybridized carbons (Fsp3) is 0.133. The van der Waals surface area contributed by atoms with Crippen LogP contribution in [0.2, 0.25) is 0 Å². The minimum absolute atomic E-state index is 0.0821. The molecule has 40 heavy (non-hydrogen) atoms. The van der Waals surface area contributed by atoms with Gasteiger partial charge in [0.1, 0.15) is 11.6 Å². The topological polar surface area (TPSA) is 109 Å². The number of benzene rings is 3. The monoisotopic (exact) mass is 542 g/mol. The summed E-state index contributed by atoms with van der Waals surface area (Å²) in [6.07, 6.45) is 0.197. The fourth-order valence-electron chi connectivity index (χ4n) is 4.54. The fourth-order valence-corrected chi connectivity index (χ4v) is 4.54. The van der Waals surface area contributed by atoms with Gasteiger partial charge in [0.2, 0.25) is 5.91 Å². The van der Waals surface area contributed by atoms with Crippen molar-refractivity contribution in [3.8, 4) is 0 Å². The first-order valence-electron chi connectivity index (χ1n) is 12.4. The van der Waals surface area contributed by atoms with E-state index < -0.39 is 35.0 Å². The van der Waals surface area contributed by atoms with Crippen LogP contribution < -0.4 is 21.5 Å². The zero-order valence-electron chi connectivity index (χ0n) is 21.3. The Morgan fingerprint density at radius 1 is 0.950 bits per heavy atom. The molecule has 3 aromatic carbocycles. The van der Waals surface area contributed by atoms with Gasteiger partial charge in [-0.1, -0.05) is 36.4 Å². The van der Waals surface area contributed by atoms with E-state index in [1.807, 2.05) is 0 Å². The third-order valence-corrected chi connectivity index (χ3v) is 6.63. The van der Waals surface area contributed by atoms with Crippen molar-refractivity contribution in [3.63, 3.8) is 0 Å². The first kappa shape index (κ1) is 26.5. The van der Waals surface area contributed by atoms with Gasteiger partial charge in [0.05, 0.1) is 13.0 Å². The van der Waals surface area contributed by atoms with Crippen LogP contribution in [-0.4, -0.2) is 22.3 Å². The number of nitrogens with one attached hydrogen (secondary N) is 3. The summed E-state index contributed by atoms with van der Waals surface area (Å²) in [5.41, 5.74) is 2.33. The van der Waals surface area contributed by atoms with Crippen LogP contribution in [0, 0.1) is 18.6 Å². The summed E-state index contributed by atoms with van der Waals surface area (Å²) < 4.78 is 28.4. The number of fused-ring (bicyclic) bond motifs is 1. The van der Waals surface area contributed by atoms with E-state index in [1.165, 1.54) is 16.7 Å². The normalized spacial score (nSPS) is 12.8. The number of halogens is 2. The third kappa shape index (κ3) is 5.51. The van der Waals surface area contributed by atoms with Crippen molar-refractivity contribution in [3.05, 3.63) is 129 Å². The molecule has 0 aliphatic carbocycles. The summed E-state index contributed by atoms with van der Waals surface area (Å²) >= 11 is 0. The van der Waals surface area contributed by atoms with Crippen molar-refractivity contribution >= 4 is 29.1 Å². The number of anilines is 2. The molecular weight excluding hydrogens is 518 g/mol. The van der Waals surface area contributed by atoms with Gasteiger partial charge in [-0.25, -0.2) is 8.78 Å². The highest BCUT2D eigenvalue weighted by Gasteiger charge is 2.26. The number of rotatable bonds is 7. The molecule has 8 nitrogen and oxygen atoms in total. The van der Waals surface area contributed by atoms with Crippen molar-refractivity contribution in [2.75, 3.05) is 10.6 Å². The van der Waals surface area contributed by atoms with Crippen LogP contribution in [0.1, 0.15) is 38.8 Å². The van der Waals surface area contributed by atoms with Gasteiger partial charge in [-0.05, 0) is 66.1 Å². The average molecular weight is 543 g/mol. The minimum Gasteiger partial charge on any atom is -0.336 e. The van der Waals surface area contributed by atoms with Crippen molar-refractivity contribution in [1.82, 2.24) is 9.88 Å². The summed E-state index contributed by atoms with van der Waals surface area (Å²) in [5, 5.41) is 8.16. The molecule has 1 aromatic heterocycles. The lowest BCUT2D eigenvalue weighted by molar-refractivity contribution is -0.118. The van der Waals surface area contributed by atoms with Gasteiger partial charge in [0.15, 0.2) is 11.6 Å². The standard InChI is InChI=1S/C30H24F2N4O4/c1-17-7-10-22(30(40)36(17)16-18-8-11-23(31)24(32)13-18)28(38)35-27(19-5-3-2-4-6-19)29(39)33-21-9-12-25-20(14-21)15-26(37)34-25/h2-14,27H,15-16H2,1H3,(H,33,39)(H,34,37)(H,35,38)/t27-/m1/s1. The first-order chi connectivity index (χ1) is 19.2. The van der Waals surface area contributed by atoms with Crippen molar-refractivity contribution in [1.29, 1.82) is 0 Å². The van der Waals surface area contributed by atoms with E-state index in [-0.39, 0.29) is 24.4 Å². The number of aryl methyl sites for hydroxylation is 1. The molecule has 1 atom stereocenters. The Morgan fingerprint density at radius 2 is 1.73 bits per heavy atom. The maximum absolute atomic E-state index is 13.7. The molecule has 0 radical (unpaired) electrons. The highest BCUT2D eigenvalue weighted by molar-refractivity contribution is 6.03. The maximum Gasteiger partial charge on any atom is 0.263 e. The molecule has 3 N–H and O–H groups in total. The van der Waals surface area contributed by atoms with Gasteiger partial charge in [-0.3, -0.25) is 19.2 Å². The summed E-state index contributed by atoms with van der Waals surface area (Å²) in [7, 11) is 0. The Morgan fingerprint density at radius 3 is 2.48 bits per heavy atom. The SMILES string of the molecule is Cc1ccc(C(=O)N[C@@H](C(=O)Nc2ccc3c(c2)CC(=O)N3)c2ccccc2)c(=O)n1Cc1ccc(F)c(F)c1. The molecular formula is C30H24F2N4O4. The maximum atomic E-state index is 13.7. The first-order valence-corrected chi connectivity index (χ1v) is 12.4. The number of pyridine rings is 1. The summed E-state index contributed by atoms with van der Waals surface area (Å²) in [5.74, 6) is -3.51. The number of aromatic nitrogens is 1. The van der Waals surface area contributed by atoms with E-state index in [4.69, 9.17) is 0 Å². The van der Waals surface area contributed by atoms with E-state index in [2.05, 4.69) is 16.0 Å². The van der Waals surface area contributed by atoms with Crippen LogP contribution in [0.3, 0.4) is 0 Å². The molecule has 5 rings (SSSR count). The molecule has 0 saturated heterocycles. The number of hydrogen-bond acceptors (Lipinski definition) is 4. The summed E-state index contributed by atoms with van der Waals surface area (Å²) in [6.45, 7) is 1.57. The summed E-state index contributed by atoms with van der Waals surface area (Å²) in [4.78, 5) is 51.7. The Bertz CT molecular complexity index is 1700. The average Bonchev–Trinajstić information content (AvgIpc) is 3.31. The number of carbonyl (C=O) groups is 3. The molecule has 202 valence electrons. The van der Waals surface area contributed by atoms with Gasteiger partial charge < -0.3 is 20.5 Å². The van der Waals surface area contributed by atoms with Crippen molar-refractivity contribution in [2.24, 2.45) is 0 Å². The van der Waals surface area contributed by atoms with Crippen LogP contribution in [0.15, 0.2) is 83.7 Å². The van der Waals surface area contributed by atoms with Crippen molar-refractivity contribution in [2.45, 2.75) is 25.9 Å². The Hall–Kier alpha value is -5.12. The van der Waals surface area contributed by atoms with Gasteiger partial charge >= 0.3 is 0 Å². The van der Waals surface area contributed by atoms with E-state index >= 15 is 0 Å². The Labute approximate surface area is 227 Å². The number of amides is 3. The predicted octanol–water partition coefficient (Wildman–Crippen LogP) is 4.09. The van der Waals surface area contributed by atoms with Crippen molar-refractivity contribution < 1.29 is 23.2 Å². The third-order valence-electron chi connectivity index (χ3n) is 6.63. The van der Waals surface area contributed by atoms with Gasteiger partial charge in [0.25, 0.3) is 17.4 Å². The minimum atomic E-state index is -1.15. The van der Waals surface area contributed by atoms with Gasteiger partial charge in [-0.2, -0.15) is 0 Å². The molecule has 0 fully saturated rings. The predicted molar refractivity (Wildman–Crippen MR) is 145 cm³/mol. The molecule has 4 aromatic rings. The van der Waals surface area contributed by atoms with E-state index in [0.717, 1.165) is 17.7 Å². The highest BCUT2D eigenvalue weighted by atomic mass is 19.2. The lowest BCUT2D eigenvalue weighted by atomic mass is 10.0. The van der Waals surface area contributed by atoms with E-state index in [9.17, 15) is 28.0 Å². The summed E-state index contributed by atoms with van der Waals surface area (Å²) in [6, 6.07) is 18.7. The molecule has 1 aliphatic rings. The van der Waals surface area contributed by atoms with E-state index in [1.54, 1.807) is 61.5 Å². The number of carbonyl (C=O) groups excluding carboxylic acids is 3. The second-order valence-electron chi connectivity index (χ2n) is 9.43. The lowest BCUT2D eigenvalue weighted by Crippen LogP contribution is -2.40. The molecule has 0 spiro atoms. The number of hydrogen-bond donors (Lipinski definition) is 3. The highest BCUT2D eigenvalue weighted by Crippen LogP contribution is 2.27. The largest absolute Gasteiger partial charge is 0.336 e. The van der Waals surface area contributed by atoms with E-state index in [0.29, 0.717) is 28.2 Å². The molecule has 2 heterocycles. The molecule has 0 unspecified atom stereocenters. The quantitative estimate of drug-likeness (QED) is 0.327. The smallest absolute Gasteiger partial charge is 0.263 e. The lowest BCUT2D eigenvalue weighted by Gasteiger charge is -2.20. The van der Waals surface area contributed by atoms with Crippen LogP contribution in [0.4, 0.5) is 20.2 Å². The Kier molecular flexibility index (Phi) is 7.24. The Balaban J connectivity index is 1.41. The van der Waals surface area contributed by atoms with Gasteiger partial charge in [0, 0.05) is 17.1 Å². The van der Waals surface area contributed by atoms with Crippen LogP contribution in [0.5, 0.6) is 0 Å². The molecule has 0 saturated carbocycles. The molecule has 10 heteroatoms. The second kappa shape index (κ2) is 10.9. The number of nitrogens with zero attached hydrogens (tertiary/aromatic N) is 1. The van der Waals surface area contributed by atoms with Crippen LogP contribution in [-0.2, 0) is 22.6 Å². The van der Waals surface area contributed by atoms with Crippen LogP contribution >= 0.6 is 0 Å². The van der Waals surface area contributed by atoms with Gasteiger partial charge in [-0.15, -0.1) is 0 Å². The zero-order chi connectivity index (χ0) is 28.4. The molecule has 3 amide bonds. The van der Waals surface area contributed by atoms with Crippen LogP contribution in [0.25, 0.3) is 0 Å². The zero-order valence-corrected chi connectivity index (χ0v) is 21.3. The molecule has 1 aliphatic heterocycles.